The number of aldehydes is 1. The first kappa shape index (κ1) is 127. The number of aliphatic hydroxyl groups is 2. The quantitative estimate of drug-likeness (QED) is 0.0439. The molecule has 0 saturated heterocycles. The van der Waals surface area contributed by atoms with Crippen molar-refractivity contribution in [2.75, 3.05) is 0 Å². The van der Waals surface area contributed by atoms with Crippen molar-refractivity contribution in [2.45, 2.75) is 241 Å². The number of ketones is 6. The van der Waals surface area contributed by atoms with Crippen LogP contribution in [0.5, 0.6) is 0 Å². The van der Waals surface area contributed by atoms with Gasteiger partial charge in [-0.3, -0.25) is 43.7 Å². The Morgan fingerprint density at radius 3 is 1.24 bits per heavy atom. The first-order chi connectivity index (χ1) is 68.1. The Hall–Kier alpha value is -6.73. The smallest absolute Gasteiger partial charge is 1.00 e. The summed E-state index contributed by atoms with van der Waals surface area (Å²) in [5, 5.41) is 26.2. The van der Waals surface area contributed by atoms with Crippen molar-refractivity contribution < 1.29 is 73.9 Å². The van der Waals surface area contributed by atoms with Crippen molar-refractivity contribution in [3.05, 3.63) is 361 Å². The summed E-state index contributed by atoms with van der Waals surface area (Å²) in [6.07, 6.45) is 16.1. The average Bonchev–Trinajstić information content (AvgIpc) is 1.66. The minimum absolute atomic E-state index is 0. The van der Waals surface area contributed by atoms with E-state index in [1.54, 1.807) is 98.4 Å². The number of thiophene rings is 5. The molecule has 19 rings (SSSR count). The molecule has 0 spiro atoms. The number of hydrogen-bond acceptors (Lipinski definition) is 18. The van der Waals surface area contributed by atoms with Crippen molar-refractivity contribution in [2.24, 2.45) is 0 Å². The van der Waals surface area contributed by atoms with Crippen LogP contribution in [-0.2, 0) is 86.5 Å². The van der Waals surface area contributed by atoms with Crippen LogP contribution in [0.4, 0.5) is 13.2 Å². The summed E-state index contributed by atoms with van der Waals surface area (Å²) < 4.78 is 34.9. The summed E-state index contributed by atoms with van der Waals surface area (Å²) in [6, 6.07) is 72.3. The zero-order chi connectivity index (χ0) is 103. The molecule has 0 radical (unpaired) electrons. The van der Waals surface area contributed by atoms with Crippen LogP contribution in [-0.4, -0.2) is 128 Å². The van der Waals surface area contributed by atoms with Crippen LogP contribution in [0.25, 0.3) is 31.3 Å². The second-order valence-electron chi connectivity index (χ2n) is 36.8. The van der Waals surface area contributed by atoms with Crippen LogP contribution < -0.4 is 20.6 Å². The number of pyridine rings is 4. The third-order valence-electron chi connectivity index (χ3n) is 24.9. The molecule has 9 aromatic heterocycles. The molecule has 774 valence electrons. The standard InChI is InChI=1S/C22H18ClNO2S.C22H20ClNO2S.C22H20ClNOS.C14H12BrClOS.C8H7BrOS.C8H8NO.C6H4Cl.C6H16Si.C2HF3O.2CH4.3CH3.BrH.Mg.Sn/c1-13(25)10-17-11-15(8-9-24-17)21-12-19-18(6-7-20(26)22(19)27-21)14-2-4-16(23)5-3-14;1-14(25)11-18-12-15(8-10-24-18)21-13-19-20(27-21)3-2-9-22(19,26)16-4-6-17(23)7-5-16;1-14(25)11-18-12-16(9-10-24-18)22-13-20-19(3-2-4-21(20)26-22)15-5-7-17(23)8-6-15;15-13-8-11-12(18-13)2-1-7-14(11,17)9-3-5-10(16)6-4-9;9-8-4-5-6(10)2-1-3-7(5)11-8;1-7(10)6-8-4-2-3-5-9-8;7-6-4-2-1-3-5-6;1-4-7(5-2)6-3;3-2(4,5)1-6;;;;;;;;/h2-5,8-9,11-12,18H,6-7,10H2,1H3;4-8,10,12-13,26H,2-3,9,11H2,1H3;5-10,12-13,19H,2-4,11H2,1H3;3-6,8,17H,1-2,7H2;4H,1-3H2;3-5H,6H2,1H3;2-5H;7H,4-6H2,1-3H3;1H;2*1H4;3*1H3;1H;;/q;;;;;;-1;;;;;;;;;+2;/p-1. The number of benzene rings is 5. The van der Waals surface area contributed by atoms with Crippen LogP contribution in [0.3, 0.4) is 0 Å². The third kappa shape index (κ3) is 37.9. The van der Waals surface area contributed by atoms with Gasteiger partial charge in [0.2, 0.25) is 6.29 Å². The van der Waals surface area contributed by atoms with Gasteiger partial charge in [0.15, 0.2) is 11.6 Å². The van der Waals surface area contributed by atoms with E-state index in [2.05, 4.69) is 142 Å². The summed E-state index contributed by atoms with van der Waals surface area (Å²) in [5.41, 5.74) is 14.5. The van der Waals surface area contributed by atoms with Gasteiger partial charge in [-0.2, -0.15) is 43.5 Å². The molecule has 5 aromatic carbocycles. The molecule has 13 nitrogen and oxygen atoms in total. The Balaban J connectivity index is 0.000000233. The van der Waals surface area contributed by atoms with Crippen molar-refractivity contribution in [3.63, 3.8) is 0 Å². The zero-order valence-corrected chi connectivity index (χ0v) is 101. The molecule has 14 aromatic rings. The maximum Gasteiger partial charge on any atom is 2.00 e. The van der Waals surface area contributed by atoms with Crippen molar-refractivity contribution in [1.82, 2.24) is 19.9 Å². The SMILES string of the molecule is C.C.CC(=O)Cc1c[c]([Sn]([CH3])([CH3])[CH3])ccn1.CC(=O)Cc1cc(-c2cc3c(s2)C(=O)CCC3c2ccc(Cl)cc2)ccn1.CC(=O)Cc1cc(-c2cc3c(s2)CCCC3(O)c2ccc(Cl)cc2)ccn1.CC(=O)Cc1cc(-c2cc3c(s2)CCCC3c2ccc(Cl)cc2)ccn1.CC[SiH](CC)CC.Clc1cc[c-]cc1.O=C1CCCc2sc(Br)cc21.O=CC(F)(F)F.OC1(c2ccc(Cl)cc2)CCCc2sc(Br)cc21.[Br-].[Mg+2]. The molecule has 0 amide bonds. The van der Waals surface area contributed by atoms with Crippen molar-refractivity contribution in [3.8, 4) is 31.3 Å². The van der Waals surface area contributed by atoms with Gasteiger partial charge in [-0.25, -0.2) is 0 Å². The molecule has 4 unspecified atom stereocenters. The van der Waals surface area contributed by atoms with E-state index in [0.717, 1.165) is 169 Å². The number of alkyl halides is 3. The summed E-state index contributed by atoms with van der Waals surface area (Å²) in [4.78, 5) is 111. The number of hydrogen-bond donors (Lipinski definition) is 2. The zero-order valence-electron chi connectivity index (χ0n) is 82.5. The topological polar surface area (TPSA) is 212 Å². The maximum absolute atomic E-state index is 12.5. The van der Waals surface area contributed by atoms with E-state index in [0.29, 0.717) is 65.3 Å². The molecule has 4 atom stereocenters. The number of carbonyl (C=O) groups is 7. The Morgan fingerprint density at radius 1 is 0.456 bits per heavy atom. The van der Waals surface area contributed by atoms with Crippen LogP contribution in [0.15, 0.2) is 233 Å². The Bertz CT molecular complexity index is 6680. The van der Waals surface area contributed by atoms with Gasteiger partial charge in [-0.05, 0) is 295 Å². The maximum atomic E-state index is 12.5. The fraction of sp³-hybridized carbons (Fsp3) is 0.330. The number of aromatic nitrogens is 4. The minimum atomic E-state index is -4.64. The predicted octanol–water partition coefficient (Wildman–Crippen LogP) is 29.5. The largest absolute Gasteiger partial charge is 2.00 e. The Kier molecular flexibility index (Phi) is 52.6. The van der Waals surface area contributed by atoms with Gasteiger partial charge >= 0.3 is 119 Å². The van der Waals surface area contributed by atoms with Crippen molar-refractivity contribution >= 4 is 241 Å². The van der Waals surface area contributed by atoms with E-state index in [1.807, 2.05) is 151 Å². The van der Waals surface area contributed by atoms with E-state index < -0.39 is 42.0 Å². The van der Waals surface area contributed by atoms with Gasteiger partial charge in [0, 0.05) is 159 Å². The van der Waals surface area contributed by atoms with E-state index >= 15 is 0 Å². The van der Waals surface area contributed by atoms with Gasteiger partial charge in [0.1, 0.15) is 28.6 Å². The van der Waals surface area contributed by atoms with Crippen molar-refractivity contribution in [1.29, 1.82) is 0 Å². The number of halogens is 11. The van der Waals surface area contributed by atoms with E-state index in [-0.39, 0.29) is 98.5 Å². The van der Waals surface area contributed by atoms with Gasteiger partial charge in [-0.1, -0.05) is 154 Å². The second kappa shape index (κ2) is 60.8. The van der Waals surface area contributed by atoms with Crippen LogP contribution in [0.2, 0.25) is 58.1 Å². The predicted molar refractivity (Wildman–Crippen MR) is 617 cm³/mol. The number of Topliss-reactive ketones (excluding diaryl/α,β-unsaturated/α-hetero) is 6. The summed E-state index contributed by atoms with van der Waals surface area (Å²) in [7, 11) is -0.171. The molecular formula is C115H123Br3Cl5F3MgN4O9S5SiSn. The first-order valence-electron chi connectivity index (χ1n) is 47.6. The monoisotopic (exact) mass is 2500 g/mol. The molecule has 2 N–H and O–H groups in total. The van der Waals surface area contributed by atoms with E-state index in [1.165, 1.54) is 87.0 Å². The molecule has 0 bridgehead atoms. The van der Waals surface area contributed by atoms with Crippen LogP contribution in [0.1, 0.15) is 246 Å². The van der Waals surface area contributed by atoms with E-state index in [9.17, 15) is 52.2 Å². The number of nitrogens with zero attached hydrogens (tertiary/aromatic N) is 4. The molecule has 147 heavy (non-hydrogen) atoms. The number of carbonyl (C=O) groups excluding carboxylic acids is 7. The molecule has 5 aliphatic carbocycles. The fourth-order valence-electron chi connectivity index (χ4n) is 17.6. The molecule has 0 saturated carbocycles. The molecule has 0 aliphatic heterocycles. The molecule has 0 fully saturated rings. The number of fused-ring (bicyclic) bond motifs is 5. The summed E-state index contributed by atoms with van der Waals surface area (Å²) >= 11 is 43.0. The second-order valence-corrected chi connectivity index (χ2v) is 66.0. The van der Waals surface area contributed by atoms with Crippen LogP contribution in [0, 0.1) is 6.07 Å². The Morgan fingerprint density at radius 2 is 0.823 bits per heavy atom. The average molecular weight is 2510 g/mol. The third-order valence-corrected chi connectivity index (χ3v) is 42.5. The molecular weight excluding hydrogens is 2390 g/mol. The first-order valence-corrected chi connectivity index (χ1v) is 67.6. The van der Waals surface area contributed by atoms with Gasteiger partial charge < -0.3 is 27.2 Å². The van der Waals surface area contributed by atoms with Gasteiger partial charge in [-0.15, -0.1) is 68.3 Å². The molecule has 5 aliphatic rings. The summed E-state index contributed by atoms with van der Waals surface area (Å²) in [5.74, 6) is 1.68. The Labute approximate surface area is 958 Å². The van der Waals surface area contributed by atoms with Gasteiger partial charge in [0.05, 0.1) is 12.4 Å². The fourth-order valence-corrected chi connectivity index (χ4v) is 30.6. The van der Waals surface area contributed by atoms with Crippen LogP contribution >= 0.6 is 147 Å². The minimum Gasteiger partial charge on any atom is -1.00 e. The number of rotatable bonds is 19. The summed E-state index contributed by atoms with van der Waals surface area (Å²) in [6.45, 7) is 13.3. The normalized spacial score (nSPS) is 15.8. The van der Waals surface area contributed by atoms with E-state index in [4.69, 9.17) is 62.8 Å². The molecule has 9 heterocycles. The van der Waals surface area contributed by atoms with Gasteiger partial charge in [0.25, 0.3) is 0 Å². The number of aryl methyl sites for hydroxylation is 4. The molecule has 32 heteroatoms.